The number of aromatic nitrogens is 2. The molecule has 0 spiro atoms. The third-order valence-corrected chi connectivity index (χ3v) is 13.6. The maximum absolute atomic E-state index is 13.5. The molecule has 1 aliphatic carbocycles. The molecule has 59 heavy (non-hydrogen) atoms. The van der Waals surface area contributed by atoms with Gasteiger partial charge in [0.2, 0.25) is 11.8 Å². The van der Waals surface area contributed by atoms with Gasteiger partial charge in [-0.05, 0) is 86.2 Å². The third kappa shape index (κ3) is 6.07. The minimum Gasteiger partial charge on any atom is -0.489 e. The van der Waals surface area contributed by atoms with Gasteiger partial charge in [0.15, 0.2) is 0 Å². The molecule has 10 rings (SSSR count). The molecule has 300 valence electrons. The smallest absolute Gasteiger partial charge is 0.262 e. The van der Waals surface area contributed by atoms with Gasteiger partial charge in [-0.15, -0.1) is 0 Å². The van der Waals surface area contributed by atoms with Crippen molar-refractivity contribution >= 4 is 51.9 Å². The van der Waals surface area contributed by atoms with Gasteiger partial charge < -0.3 is 19.9 Å². The van der Waals surface area contributed by atoms with Gasteiger partial charge in [-0.3, -0.25) is 44.1 Å². The van der Waals surface area contributed by atoms with E-state index < -0.39 is 35.1 Å². The lowest BCUT2D eigenvalue weighted by Gasteiger charge is -2.56. The van der Waals surface area contributed by atoms with Crippen LogP contribution in [0.3, 0.4) is 0 Å². The number of carbonyl (C=O) groups is 5. The lowest BCUT2D eigenvalue weighted by atomic mass is 9.57. The molecule has 15 nitrogen and oxygen atoms in total. The normalized spacial score (nSPS) is 25.5. The fourth-order valence-corrected chi connectivity index (χ4v) is 10.0. The Balaban J connectivity index is 0.703. The average Bonchev–Trinajstić information content (AvgIpc) is 3.50. The lowest BCUT2D eigenvalue weighted by Crippen LogP contribution is -2.68. The average molecular weight is 794 g/mol. The van der Waals surface area contributed by atoms with E-state index in [2.05, 4.69) is 43.3 Å². The van der Waals surface area contributed by atoms with Gasteiger partial charge in [-0.2, -0.15) is 5.26 Å². The van der Waals surface area contributed by atoms with Crippen molar-refractivity contribution in [3.05, 3.63) is 88.7 Å². The maximum atomic E-state index is 13.5. The van der Waals surface area contributed by atoms with Gasteiger partial charge in [0.1, 0.15) is 29.8 Å². The molecule has 7 heterocycles. The SMILES string of the molecule is CC12c3ccnc4c(C#N)ccc(c34)O[C@H]1C[C@@H]2NC(=O)c1ccc(N2CCC(CN3CCN(c4ccc5c(c4)C(=O)N(C4CCC(=O)NC4=O)C5=O)CC3)CC2)nc1. The summed E-state index contributed by atoms with van der Waals surface area (Å²) in [5.41, 5.74) is 3.68. The van der Waals surface area contributed by atoms with Crippen molar-refractivity contribution in [2.45, 2.75) is 62.6 Å². The van der Waals surface area contributed by atoms with Crippen LogP contribution in [0.15, 0.2) is 60.9 Å². The molecular formula is C44H43N9O6. The number of piperazine rings is 1. The van der Waals surface area contributed by atoms with Crippen LogP contribution in [0, 0.1) is 17.2 Å². The monoisotopic (exact) mass is 793 g/mol. The first-order valence-electron chi connectivity index (χ1n) is 20.4. The largest absolute Gasteiger partial charge is 0.489 e. The highest BCUT2D eigenvalue weighted by Gasteiger charge is 2.58. The predicted molar refractivity (Wildman–Crippen MR) is 215 cm³/mol. The number of rotatable bonds is 7. The summed E-state index contributed by atoms with van der Waals surface area (Å²) in [6.45, 7) is 8.24. The highest BCUT2D eigenvalue weighted by Crippen LogP contribution is 2.53. The summed E-state index contributed by atoms with van der Waals surface area (Å²) < 4.78 is 6.36. The quantitative estimate of drug-likeness (QED) is 0.262. The number of fused-ring (bicyclic) bond motifs is 3. The maximum Gasteiger partial charge on any atom is 0.262 e. The standard InChI is InChI=1S/C44H43N9O6/c1-44-31-10-13-46-39-26(22-45)2-7-33(38(31)39)59-35(44)21-34(44)48-40(55)27-3-8-36(47-23-27)52-14-11-25(12-15-52)24-50-16-18-51(19-17-50)28-4-5-29-30(20-28)43(58)53(42(29)57)32-6-9-37(54)49-41(32)56/h2-5,7-8,10,13,20,23,25,32,34-35H,6,9,11-12,14-19,21,24H2,1H3,(H,48,55)(H,49,54,56)/t32?,34-,35-,44?/m0/s1. The number of hydrogen-bond donors (Lipinski definition) is 2. The number of nitrogens with one attached hydrogen (secondary N) is 2. The fourth-order valence-electron chi connectivity index (χ4n) is 10.0. The van der Waals surface area contributed by atoms with E-state index in [0.717, 1.165) is 91.8 Å². The molecule has 2 aromatic heterocycles. The topological polar surface area (TPSA) is 181 Å². The van der Waals surface area contributed by atoms with Crippen LogP contribution >= 0.6 is 0 Å². The van der Waals surface area contributed by atoms with Crippen LogP contribution in [-0.2, 0) is 15.0 Å². The molecule has 2 unspecified atom stereocenters. The number of benzene rings is 2. The Morgan fingerprint density at radius 3 is 2.47 bits per heavy atom. The molecule has 5 aliphatic heterocycles. The Kier molecular flexibility index (Phi) is 8.86. The van der Waals surface area contributed by atoms with E-state index in [1.807, 2.05) is 30.3 Å². The molecule has 1 saturated carbocycles. The van der Waals surface area contributed by atoms with Crippen LogP contribution in [0.4, 0.5) is 11.5 Å². The number of carbonyl (C=O) groups excluding carboxylic acids is 5. The summed E-state index contributed by atoms with van der Waals surface area (Å²) in [5.74, 6) is -0.0128. The van der Waals surface area contributed by atoms with Crippen LogP contribution in [-0.4, -0.2) is 113 Å². The van der Waals surface area contributed by atoms with E-state index in [1.165, 1.54) is 0 Å². The third-order valence-electron chi connectivity index (χ3n) is 13.6. The van der Waals surface area contributed by atoms with Crippen LogP contribution in [0.2, 0.25) is 0 Å². The number of anilines is 2. The summed E-state index contributed by atoms with van der Waals surface area (Å²) in [7, 11) is 0. The first-order valence-corrected chi connectivity index (χ1v) is 20.4. The van der Waals surface area contributed by atoms with Crippen molar-refractivity contribution in [2.75, 3.05) is 55.6 Å². The second-order valence-corrected chi connectivity index (χ2v) is 16.8. The molecule has 2 aromatic carbocycles. The zero-order valence-electron chi connectivity index (χ0n) is 32.6. The molecule has 6 aliphatic rings. The summed E-state index contributed by atoms with van der Waals surface area (Å²) >= 11 is 0. The van der Waals surface area contributed by atoms with Gasteiger partial charge in [0, 0.05) is 88.2 Å². The molecule has 15 heteroatoms. The Bertz CT molecular complexity index is 2490. The van der Waals surface area contributed by atoms with E-state index in [9.17, 15) is 29.2 Å². The second kappa shape index (κ2) is 14.2. The van der Waals surface area contributed by atoms with Crippen molar-refractivity contribution < 1.29 is 28.7 Å². The van der Waals surface area contributed by atoms with Crippen molar-refractivity contribution in [3.63, 3.8) is 0 Å². The molecule has 2 N–H and O–H groups in total. The lowest BCUT2D eigenvalue weighted by molar-refractivity contribution is -0.136. The Hall–Kier alpha value is -6.40. The van der Waals surface area contributed by atoms with Crippen LogP contribution in [0.5, 0.6) is 5.75 Å². The zero-order chi connectivity index (χ0) is 40.6. The van der Waals surface area contributed by atoms with E-state index >= 15 is 0 Å². The summed E-state index contributed by atoms with van der Waals surface area (Å²) in [6, 6.07) is 15.8. The van der Waals surface area contributed by atoms with Crippen LogP contribution in [0.1, 0.15) is 81.2 Å². The van der Waals surface area contributed by atoms with Crippen molar-refractivity contribution in [1.82, 2.24) is 30.4 Å². The highest BCUT2D eigenvalue weighted by atomic mass is 16.5. The van der Waals surface area contributed by atoms with E-state index in [1.54, 1.807) is 30.6 Å². The number of imide groups is 2. The minimum atomic E-state index is -0.978. The number of nitrogens with zero attached hydrogens (tertiary/aromatic N) is 7. The highest BCUT2D eigenvalue weighted by molar-refractivity contribution is 6.23. The molecule has 5 amide bonds. The summed E-state index contributed by atoms with van der Waals surface area (Å²) in [4.78, 5) is 81.3. The Morgan fingerprint density at radius 2 is 1.73 bits per heavy atom. The second-order valence-electron chi connectivity index (χ2n) is 16.8. The molecule has 4 fully saturated rings. The zero-order valence-corrected chi connectivity index (χ0v) is 32.6. The number of piperidine rings is 2. The first kappa shape index (κ1) is 36.9. The van der Waals surface area contributed by atoms with Gasteiger partial charge >= 0.3 is 0 Å². The van der Waals surface area contributed by atoms with E-state index in [4.69, 9.17) is 9.72 Å². The van der Waals surface area contributed by atoms with Crippen molar-refractivity contribution in [3.8, 4) is 11.8 Å². The van der Waals surface area contributed by atoms with Crippen molar-refractivity contribution in [1.29, 1.82) is 5.26 Å². The number of nitriles is 1. The minimum absolute atomic E-state index is 0.0882. The number of hydrogen-bond acceptors (Lipinski definition) is 12. The van der Waals surface area contributed by atoms with Gasteiger partial charge in [-0.1, -0.05) is 0 Å². The first-order chi connectivity index (χ1) is 28.6. The Morgan fingerprint density at radius 1 is 0.932 bits per heavy atom. The number of amides is 5. The van der Waals surface area contributed by atoms with E-state index in [-0.39, 0.29) is 36.5 Å². The molecule has 3 saturated heterocycles. The fraction of sp³-hybridized carbons (Fsp3) is 0.409. The Labute approximate surface area is 340 Å². The van der Waals surface area contributed by atoms with E-state index in [0.29, 0.717) is 34.5 Å². The van der Waals surface area contributed by atoms with Crippen molar-refractivity contribution in [2.24, 2.45) is 5.92 Å². The predicted octanol–water partition coefficient (Wildman–Crippen LogP) is 3.16. The van der Waals surface area contributed by atoms with Gasteiger partial charge in [0.25, 0.3) is 17.7 Å². The van der Waals surface area contributed by atoms with Crippen LogP contribution in [0.25, 0.3) is 10.9 Å². The molecular weight excluding hydrogens is 751 g/mol. The molecule has 4 atom stereocenters. The summed E-state index contributed by atoms with van der Waals surface area (Å²) in [6.07, 6.45) is 6.28. The molecule has 0 radical (unpaired) electrons. The summed E-state index contributed by atoms with van der Waals surface area (Å²) in [5, 5.41) is 16.0. The number of pyridine rings is 2. The van der Waals surface area contributed by atoms with Gasteiger partial charge in [0.05, 0.1) is 33.2 Å². The van der Waals surface area contributed by atoms with Gasteiger partial charge in [-0.25, -0.2) is 4.98 Å². The molecule has 0 bridgehead atoms. The number of ether oxygens (including phenoxy) is 1. The van der Waals surface area contributed by atoms with Crippen LogP contribution < -0.4 is 25.2 Å². The molecule has 4 aromatic rings.